The van der Waals surface area contributed by atoms with E-state index in [-0.39, 0.29) is 0 Å². The van der Waals surface area contributed by atoms with E-state index < -0.39 is 0 Å². The molecule has 0 aliphatic heterocycles. The van der Waals surface area contributed by atoms with E-state index in [0.717, 1.165) is 30.0 Å². The average molecular weight is 400 g/mol. The van der Waals surface area contributed by atoms with Crippen molar-refractivity contribution in [2.24, 2.45) is 17.8 Å². The van der Waals surface area contributed by atoms with Crippen LogP contribution in [0.3, 0.4) is 0 Å². The van der Waals surface area contributed by atoms with Gasteiger partial charge in [0.25, 0.3) is 0 Å². The summed E-state index contributed by atoms with van der Waals surface area (Å²) in [4.78, 5) is 2.92. The molecule has 2 fully saturated rings. The van der Waals surface area contributed by atoms with Crippen LogP contribution in [0.15, 0.2) is 24.3 Å². The molecule has 2 unspecified atom stereocenters. The molecule has 0 radical (unpaired) electrons. The lowest BCUT2D eigenvalue weighted by Crippen LogP contribution is -2.56. The molecule has 1 aromatic rings. The number of unbranched alkanes of at least 4 members (excludes halogenated alkanes) is 5. The molecule has 29 heavy (non-hydrogen) atoms. The summed E-state index contributed by atoms with van der Waals surface area (Å²) in [6.07, 6.45) is 15.5. The van der Waals surface area contributed by atoms with Crippen molar-refractivity contribution in [3.63, 3.8) is 0 Å². The van der Waals surface area contributed by atoms with Gasteiger partial charge in [-0.15, -0.1) is 0 Å². The lowest BCUT2D eigenvalue weighted by atomic mass is 9.60. The van der Waals surface area contributed by atoms with Crippen LogP contribution in [0.2, 0.25) is 0 Å². The lowest BCUT2D eigenvalue weighted by molar-refractivity contribution is -0.0456. The van der Waals surface area contributed by atoms with E-state index in [1.54, 1.807) is 7.11 Å². The zero-order chi connectivity index (χ0) is 20.7. The van der Waals surface area contributed by atoms with Crippen molar-refractivity contribution in [3.8, 4) is 5.75 Å². The smallest absolute Gasteiger partial charge is 0.118 e. The molecule has 3 rings (SSSR count). The fraction of sp³-hybridized carbons (Fsp3) is 0.778. The molecular formula is C27H45NO. The number of hydrogen-bond donors (Lipinski definition) is 0. The van der Waals surface area contributed by atoms with Crippen molar-refractivity contribution in [2.75, 3.05) is 13.7 Å². The molecule has 2 heteroatoms. The van der Waals surface area contributed by atoms with Crippen molar-refractivity contribution in [3.05, 3.63) is 29.8 Å². The molecule has 0 heterocycles. The highest BCUT2D eigenvalue weighted by molar-refractivity contribution is 5.27. The van der Waals surface area contributed by atoms with Crippen LogP contribution in [0, 0.1) is 17.8 Å². The fourth-order valence-corrected chi connectivity index (χ4v) is 6.56. The van der Waals surface area contributed by atoms with Crippen molar-refractivity contribution < 1.29 is 4.74 Å². The Hall–Kier alpha value is -1.02. The number of methoxy groups -OCH3 is 1. The van der Waals surface area contributed by atoms with Crippen molar-refractivity contribution in [2.45, 2.75) is 103 Å². The largest absolute Gasteiger partial charge is 0.497 e. The molecule has 2 aliphatic rings. The van der Waals surface area contributed by atoms with Gasteiger partial charge in [-0.05, 0) is 80.5 Å². The van der Waals surface area contributed by atoms with Gasteiger partial charge in [0.1, 0.15) is 5.75 Å². The zero-order valence-corrected chi connectivity index (χ0v) is 19.6. The summed E-state index contributed by atoms with van der Waals surface area (Å²) < 4.78 is 5.38. The van der Waals surface area contributed by atoms with Crippen LogP contribution in [-0.2, 0) is 6.54 Å². The van der Waals surface area contributed by atoms with E-state index in [1.807, 2.05) is 0 Å². The Labute approximate surface area is 180 Å². The molecule has 164 valence electrons. The third-order valence-corrected chi connectivity index (χ3v) is 7.58. The summed E-state index contributed by atoms with van der Waals surface area (Å²) in [5.74, 6) is 3.67. The second kappa shape index (κ2) is 10.8. The van der Waals surface area contributed by atoms with E-state index in [2.05, 4.69) is 49.9 Å². The van der Waals surface area contributed by atoms with Gasteiger partial charge in [-0.2, -0.15) is 0 Å². The molecule has 0 amide bonds. The van der Waals surface area contributed by atoms with Crippen LogP contribution in [0.25, 0.3) is 0 Å². The molecule has 2 aliphatic carbocycles. The van der Waals surface area contributed by atoms with E-state index in [9.17, 15) is 0 Å². The maximum absolute atomic E-state index is 5.38. The van der Waals surface area contributed by atoms with Gasteiger partial charge in [0.15, 0.2) is 0 Å². The molecule has 2 saturated carbocycles. The second-order valence-corrected chi connectivity index (χ2v) is 10.4. The molecule has 0 saturated heterocycles. The highest BCUT2D eigenvalue weighted by atomic mass is 16.5. The summed E-state index contributed by atoms with van der Waals surface area (Å²) in [6.45, 7) is 9.69. The zero-order valence-electron chi connectivity index (χ0n) is 19.6. The fourth-order valence-electron chi connectivity index (χ4n) is 6.56. The minimum Gasteiger partial charge on any atom is -0.497 e. The first-order valence-electron chi connectivity index (χ1n) is 12.4. The molecule has 2 nitrogen and oxygen atoms in total. The van der Waals surface area contributed by atoms with Crippen LogP contribution in [0.5, 0.6) is 5.75 Å². The Morgan fingerprint density at radius 1 is 0.897 bits per heavy atom. The van der Waals surface area contributed by atoms with E-state index in [4.69, 9.17) is 4.74 Å². The standard InChI is InChI=1S/C27H45NO/c1-5-6-7-8-9-10-15-28(21-24-11-13-26(29-4)14-12-24)27-18-22(2)16-25(20-27)17-23(3)19-27/h11-14,22-23,25H,5-10,15-21H2,1-4H3. The first-order chi connectivity index (χ1) is 14.0. The third-order valence-electron chi connectivity index (χ3n) is 7.58. The average Bonchev–Trinajstić information content (AvgIpc) is 2.69. The van der Waals surface area contributed by atoms with Crippen LogP contribution < -0.4 is 4.74 Å². The molecule has 0 spiro atoms. The van der Waals surface area contributed by atoms with Gasteiger partial charge in [0.05, 0.1) is 7.11 Å². The number of benzene rings is 1. The second-order valence-electron chi connectivity index (χ2n) is 10.4. The minimum absolute atomic E-state index is 0.434. The van der Waals surface area contributed by atoms with Gasteiger partial charge in [0.2, 0.25) is 0 Å². The van der Waals surface area contributed by atoms with Gasteiger partial charge in [-0.3, -0.25) is 4.90 Å². The maximum atomic E-state index is 5.38. The van der Waals surface area contributed by atoms with Crippen LogP contribution in [0.1, 0.15) is 97.0 Å². The SMILES string of the molecule is CCCCCCCCN(Cc1ccc(OC)cc1)C12CC(C)CC(CC(C)C1)C2. The van der Waals surface area contributed by atoms with Crippen LogP contribution >= 0.6 is 0 Å². The highest BCUT2D eigenvalue weighted by Crippen LogP contribution is 2.50. The Morgan fingerprint density at radius 2 is 1.52 bits per heavy atom. The topological polar surface area (TPSA) is 12.5 Å². The molecule has 0 N–H and O–H groups in total. The predicted molar refractivity (Wildman–Crippen MR) is 124 cm³/mol. The highest BCUT2D eigenvalue weighted by Gasteiger charge is 2.47. The molecule has 1 aromatic carbocycles. The minimum atomic E-state index is 0.434. The van der Waals surface area contributed by atoms with Gasteiger partial charge < -0.3 is 4.74 Å². The number of nitrogens with zero attached hydrogens (tertiary/aromatic N) is 1. The quantitative estimate of drug-likeness (QED) is 0.358. The summed E-state index contributed by atoms with van der Waals surface area (Å²) in [5.41, 5.74) is 1.88. The number of fused-ring (bicyclic) bond motifs is 2. The summed E-state index contributed by atoms with van der Waals surface area (Å²) >= 11 is 0. The first kappa shape index (κ1) is 22.7. The van der Waals surface area contributed by atoms with Crippen molar-refractivity contribution in [1.29, 1.82) is 0 Å². The Bertz CT molecular complexity index is 576. The monoisotopic (exact) mass is 399 g/mol. The lowest BCUT2D eigenvalue weighted by Gasteiger charge is -2.55. The van der Waals surface area contributed by atoms with Crippen molar-refractivity contribution >= 4 is 0 Å². The molecular weight excluding hydrogens is 354 g/mol. The van der Waals surface area contributed by atoms with Crippen LogP contribution in [0.4, 0.5) is 0 Å². The summed E-state index contributed by atoms with van der Waals surface area (Å²) in [5, 5.41) is 0. The van der Waals surface area contributed by atoms with E-state index in [0.29, 0.717) is 5.54 Å². The number of hydrogen-bond acceptors (Lipinski definition) is 2. The summed E-state index contributed by atoms with van der Waals surface area (Å²) in [6, 6.07) is 8.82. The molecule has 0 aromatic heterocycles. The Kier molecular flexibility index (Phi) is 8.47. The van der Waals surface area contributed by atoms with Gasteiger partial charge in [-0.1, -0.05) is 65.0 Å². The van der Waals surface area contributed by atoms with Gasteiger partial charge in [0, 0.05) is 12.1 Å². The van der Waals surface area contributed by atoms with Gasteiger partial charge >= 0.3 is 0 Å². The Balaban J connectivity index is 1.71. The summed E-state index contributed by atoms with van der Waals surface area (Å²) in [7, 11) is 1.76. The van der Waals surface area contributed by atoms with E-state index in [1.165, 1.54) is 82.7 Å². The first-order valence-corrected chi connectivity index (χ1v) is 12.4. The van der Waals surface area contributed by atoms with Crippen molar-refractivity contribution in [1.82, 2.24) is 4.90 Å². The molecule has 2 atom stereocenters. The van der Waals surface area contributed by atoms with E-state index >= 15 is 0 Å². The van der Waals surface area contributed by atoms with Gasteiger partial charge in [-0.25, -0.2) is 0 Å². The maximum Gasteiger partial charge on any atom is 0.118 e. The third kappa shape index (κ3) is 6.23. The van der Waals surface area contributed by atoms with Crippen LogP contribution in [-0.4, -0.2) is 24.1 Å². The molecule has 2 bridgehead atoms. The predicted octanol–water partition coefficient (Wildman–Crippen LogP) is 7.46. The normalized spacial score (nSPS) is 29.2. The Morgan fingerprint density at radius 3 is 2.14 bits per heavy atom. The number of ether oxygens (including phenoxy) is 1. The number of rotatable bonds is 11.